The van der Waals surface area contributed by atoms with Gasteiger partial charge >= 0.3 is 0 Å². The van der Waals surface area contributed by atoms with Crippen molar-refractivity contribution >= 4 is 5.69 Å². The summed E-state index contributed by atoms with van der Waals surface area (Å²) < 4.78 is 0. The summed E-state index contributed by atoms with van der Waals surface area (Å²) in [5.41, 5.74) is 2.58. The number of rotatable bonds is 6. The molecule has 3 nitrogen and oxygen atoms in total. The van der Waals surface area contributed by atoms with Crippen LogP contribution in [0.1, 0.15) is 37.7 Å². The van der Waals surface area contributed by atoms with Crippen LogP contribution in [0.25, 0.3) is 0 Å². The first-order chi connectivity index (χ1) is 10.8. The van der Waals surface area contributed by atoms with Gasteiger partial charge in [0.2, 0.25) is 0 Å². The third kappa shape index (κ3) is 4.47. The molecular weight excluding hydrogens is 270 g/mol. The SMILES string of the molecule is Cc1ccc(NCCCCN2CCN3CCCCC3C2)cc1. The molecule has 0 aromatic heterocycles. The van der Waals surface area contributed by atoms with E-state index in [9.17, 15) is 0 Å². The summed E-state index contributed by atoms with van der Waals surface area (Å²) in [4.78, 5) is 5.41. The minimum atomic E-state index is 0.855. The monoisotopic (exact) mass is 301 g/mol. The van der Waals surface area contributed by atoms with E-state index in [0.717, 1.165) is 12.6 Å². The van der Waals surface area contributed by atoms with E-state index in [2.05, 4.69) is 46.3 Å². The molecule has 0 bridgehead atoms. The molecule has 3 heteroatoms. The van der Waals surface area contributed by atoms with Crippen LogP contribution in [-0.2, 0) is 0 Å². The molecule has 2 aliphatic rings. The van der Waals surface area contributed by atoms with Crippen LogP contribution in [0.15, 0.2) is 24.3 Å². The zero-order valence-corrected chi connectivity index (χ0v) is 14.1. The van der Waals surface area contributed by atoms with E-state index in [4.69, 9.17) is 0 Å². The first-order valence-corrected chi connectivity index (χ1v) is 9.08. The molecule has 1 N–H and O–H groups in total. The molecule has 0 amide bonds. The fourth-order valence-electron chi connectivity index (χ4n) is 3.79. The summed E-state index contributed by atoms with van der Waals surface area (Å²) in [6.45, 7) is 9.74. The smallest absolute Gasteiger partial charge is 0.0340 e. The number of fused-ring (bicyclic) bond motifs is 1. The summed E-state index contributed by atoms with van der Waals surface area (Å²) in [7, 11) is 0. The lowest BCUT2D eigenvalue weighted by molar-refractivity contribution is 0.0488. The van der Waals surface area contributed by atoms with Crippen LogP contribution < -0.4 is 5.32 Å². The molecule has 0 radical (unpaired) electrons. The zero-order valence-electron chi connectivity index (χ0n) is 14.1. The number of aryl methyl sites for hydroxylation is 1. The molecule has 2 heterocycles. The molecule has 2 aliphatic heterocycles. The molecule has 1 aromatic rings. The molecule has 1 atom stereocenters. The number of benzene rings is 1. The van der Waals surface area contributed by atoms with E-state index >= 15 is 0 Å². The molecule has 22 heavy (non-hydrogen) atoms. The Morgan fingerprint density at radius 3 is 2.77 bits per heavy atom. The Labute approximate surface area is 135 Å². The first-order valence-electron chi connectivity index (χ1n) is 9.08. The van der Waals surface area contributed by atoms with Gasteiger partial charge in [-0.1, -0.05) is 24.1 Å². The molecule has 3 rings (SSSR count). The van der Waals surface area contributed by atoms with Crippen molar-refractivity contribution in [2.45, 2.75) is 45.1 Å². The molecule has 1 aromatic carbocycles. The van der Waals surface area contributed by atoms with Crippen LogP contribution in [0.4, 0.5) is 5.69 Å². The van der Waals surface area contributed by atoms with Gasteiger partial charge in [0, 0.05) is 37.9 Å². The van der Waals surface area contributed by atoms with Gasteiger partial charge in [-0.25, -0.2) is 0 Å². The van der Waals surface area contributed by atoms with Crippen LogP contribution in [-0.4, -0.2) is 55.1 Å². The van der Waals surface area contributed by atoms with Crippen molar-refractivity contribution in [3.8, 4) is 0 Å². The third-order valence-corrected chi connectivity index (χ3v) is 5.20. The lowest BCUT2D eigenvalue weighted by Gasteiger charge is -2.44. The highest BCUT2D eigenvalue weighted by atomic mass is 15.3. The highest BCUT2D eigenvalue weighted by Gasteiger charge is 2.28. The van der Waals surface area contributed by atoms with Crippen molar-refractivity contribution in [3.63, 3.8) is 0 Å². The summed E-state index contributed by atoms with van der Waals surface area (Å²) in [5, 5.41) is 3.53. The topological polar surface area (TPSA) is 18.5 Å². The predicted molar refractivity (Wildman–Crippen MR) is 94.6 cm³/mol. The van der Waals surface area contributed by atoms with Crippen LogP contribution in [0.2, 0.25) is 0 Å². The maximum Gasteiger partial charge on any atom is 0.0340 e. The van der Waals surface area contributed by atoms with Crippen LogP contribution in [0, 0.1) is 6.92 Å². The summed E-state index contributed by atoms with van der Waals surface area (Å²) in [5.74, 6) is 0. The Morgan fingerprint density at radius 1 is 1.05 bits per heavy atom. The number of hydrogen-bond acceptors (Lipinski definition) is 3. The number of anilines is 1. The van der Waals surface area contributed by atoms with Gasteiger partial charge in [-0.15, -0.1) is 0 Å². The fourth-order valence-corrected chi connectivity index (χ4v) is 3.79. The van der Waals surface area contributed by atoms with Gasteiger partial charge in [0.05, 0.1) is 0 Å². The lowest BCUT2D eigenvalue weighted by atomic mass is 9.99. The quantitative estimate of drug-likeness (QED) is 0.813. The van der Waals surface area contributed by atoms with Gasteiger partial charge in [-0.05, 0) is 57.8 Å². The normalized spacial score (nSPS) is 23.2. The molecule has 0 aliphatic carbocycles. The Balaban J connectivity index is 1.29. The fraction of sp³-hybridized carbons (Fsp3) is 0.684. The Kier molecular flexibility index (Phi) is 5.74. The van der Waals surface area contributed by atoms with Crippen molar-refractivity contribution in [2.24, 2.45) is 0 Å². The van der Waals surface area contributed by atoms with Gasteiger partial charge in [-0.3, -0.25) is 4.90 Å². The predicted octanol–water partition coefficient (Wildman–Crippen LogP) is 3.36. The molecular formula is C19H31N3. The van der Waals surface area contributed by atoms with Gasteiger partial charge < -0.3 is 10.2 Å². The second kappa shape index (κ2) is 7.98. The van der Waals surface area contributed by atoms with Crippen LogP contribution in [0.5, 0.6) is 0 Å². The summed E-state index contributed by atoms with van der Waals surface area (Å²) in [6, 6.07) is 9.56. The highest BCUT2D eigenvalue weighted by molar-refractivity contribution is 5.44. The highest BCUT2D eigenvalue weighted by Crippen LogP contribution is 2.21. The molecule has 2 saturated heterocycles. The minimum absolute atomic E-state index is 0.855. The van der Waals surface area contributed by atoms with Gasteiger partial charge in [0.1, 0.15) is 0 Å². The molecule has 1 unspecified atom stereocenters. The molecule has 0 saturated carbocycles. The minimum Gasteiger partial charge on any atom is -0.385 e. The lowest BCUT2D eigenvalue weighted by Crippen LogP contribution is -2.54. The van der Waals surface area contributed by atoms with Gasteiger partial charge in [0.15, 0.2) is 0 Å². The number of piperidine rings is 1. The zero-order chi connectivity index (χ0) is 15.2. The van der Waals surface area contributed by atoms with Gasteiger partial charge in [0.25, 0.3) is 0 Å². The first kappa shape index (κ1) is 15.8. The average molecular weight is 301 g/mol. The van der Waals surface area contributed by atoms with Crippen molar-refractivity contribution in [2.75, 3.05) is 44.6 Å². The Hall–Kier alpha value is -1.06. The van der Waals surface area contributed by atoms with E-state index in [0.29, 0.717) is 0 Å². The number of piperazine rings is 1. The standard InChI is InChI=1S/C19H31N3/c1-17-7-9-18(10-8-17)20-11-3-5-12-21-14-15-22-13-4-2-6-19(22)16-21/h7-10,19-20H,2-6,11-16H2,1H3. The van der Waals surface area contributed by atoms with Gasteiger partial charge in [-0.2, -0.15) is 0 Å². The second-order valence-corrected chi connectivity index (χ2v) is 6.99. The molecule has 122 valence electrons. The average Bonchev–Trinajstić information content (AvgIpc) is 2.56. The number of nitrogens with one attached hydrogen (secondary N) is 1. The van der Waals surface area contributed by atoms with E-state index in [1.165, 1.54) is 76.1 Å². The maximum atomic E-state index is 3.53. The van der Waals surface area contributed by atoms with E-state index in [-0.39, 0.29) is 0 Å². The van der Waals surface area contributed by atoms with Crippen molar-refractivity contribution in [1.29, 1.82) is 0 Å². The number of nitrogens with zero attached hydrogens (tertiary/aromatic N) is 2. The Morgan fingerprint density at radius 2 is 1.91 bits per heavy atom. The van der Waals surface area contributed by atoms with Crippen molar-refractivity contribution < 1.29 is 0 Å². The van der Waals surface area contributed by atoms with Crippen LogP contribution >= 0.6 is 0 Å². The summed E-state index contributed by atoms with van der Waals surface area (Å²) in [6.07, 6.45) is 6.85. The maximum absolute atomic E-state index is 3.53. The van der Waals surface area contributed by atoms with Crippen molar-refractivity contribution in [1.82, 2.24) is 9.80 Å². The number of unbranched alkanes of at least 4 members (excludes halogenated alkanes) is 1. The Bertz CT molecular complexity index is 442. The second-order valence-electron chi connectivity index (χ2n) is 6.99. The molecule has 2 fully saturated rings. The van der Waals surface area contributed by atoms with E-state index < -0.39 is 0 Å². The number of hydrogen-bond donors (Lipinski definition) is 1. The van der Waals surface area contributed by atoms with Crippen molar-refractivity contribution in [3.05, 3.63) is 29.8 Å². The van der Waals surface area contributed by atoms with E-state index in [1.807, 2.05) is 0 Å². The van der Waals surface area contributed by atoms with Crippen LogP contribution in [0.3, 0.4) is 0 Å². The summed E-state index contributed by atoms with van der Waals surface area (Å²) >= 11 is 0. The van der Waals surface area contributed by atoms with E-state index in [1.54, 1.807) is 0 Å². The molecule has 0 spiro atoms. The largest absolute Gasteiger partial charge is 0.385 e. The third-order valence-electron chi connectivity index (χ3n) is 5.20.